The van der Waals surface area contributed by atoms with Crippen molar-refractivity contribution >= 4 is 18.1 Å². The van der Waals surface area contributed by atoms with Gasteiger partial charge in [-0.15, -0.1) is 5.10 Å². The highest BCUT2D eigenvalue weighted by Crippen LogP contribution is 2.51. The molecule has 3 nitrogen and oxygen atoms in total. The zero-order valence-corrected chi connectivity index (χ0v) is 13.3. The lowest BCUT2D eigenvalue weighted by Crippen LogP contribution is -2.30. The number of halogens is 3. The number of rotatable bonds is 4. The second-order valence-corrected chi connectivity index (χ2v) is 6.17. The first-order valence-electron chi connectivity index (χ1n) is 7.71. The molecule has 126 valence electrons. The van der Waals surface area contributed by atoms with E-state index in [0.717, 1.165) is 16.7 Å². The number of hydrogen-bond acceptors (Lipinski definition) is 2. The van der Waals surface area contributed by atoms with E-state index in [1.165, 1.54) is 12.1 Å². The molecule has 1 atom stereocenters. The lowest BCUT2D eigenvalue weighted by Gasteiger charge is -2.27. The Morgan fingerprint density at radius 3 is 2.54 bits per heavy atom. The predicted octanol–water partition coefficient (Wildman–Crippen LogP) is 4.49. The van der Waals surface area contributed by atoms with Crippen LogP contribution in [0.2, 0.25) is 0 Å². The zero-order chi connectivity index (χ0) is 17.3. The topological polar surface area (TPSA) is 28.0 Å². The summed E-state index contributed by atoms with van der Waals surface area (Å²) in [5, 5.41) is 7.45. The molecule has 1 aromatic carbocycles. The Hall–Kier alpha value is -2.37. The van der Waals surface area contributed by atoms with E-state index in [-0.39, 0.29) is 18.7 Å². The minimum absolute atomic E-state index is 0.101. The minimum atomic E-state index is -2.59. The molecule has 1 heterocycles. The Morgan fingerprint density at radius 2 is 2.00 bits per heavy atom. The third-order valence-corrected chi connectivity index (χ3v) is 4.35. The Bertz CT molecular complexity index is 732. The van der Waals surface area contributed by atoms with Crippen LogP contribution in [0.5, 0.6) is 0 Å². The van der Waals surface area contributed by atoms with Crippen LogP contribution < -0.4 is 0 Å². The van der Waals surface area contributed by atoms with E-state index >= 15 is 0 Å². The molecule has 24 heavy (non-hydrogen) atoms. The summed E-state index contributed by atoms with van der Waals surface area (Å²) >= 11 is 0. The SMILES string of the molecule is C=N/N=C(/CC1CC1(F)F)N1C=CC(c2ccc(F)cc2)=C(C)C1. The van der Waals surface area contributed by atoms with E-state index < -0.39 is 11.8 Å². The van der Waals surface area contributed by atoms with Crippen LogP contribution in [0.4, 0.5) is 13.2 Å². The summed E-state index contributed by atoms with van der Waals surface area (Å²) < 4.78 is 39.4. The molecule has 0 spiro atoms. The summed E-state index contributed by atoms with van der Waals surface area (Å²) in [4.78, 5) is 1.81. The van der Waals surface area contributed by atoms with Crippen LogP contribution in [-0.2, 0) is 0 Å². The summed E-state index contributed by atoms with van der Waals surface area (Å²) in [6.45, 7) is 5.81. The van der Waals surface area contributed by atoms with Gasteiger partial charge in [0.15, 0.2) is 0 Å². The summed E-state index contributed by atoms with van der Waals surface area (Å²) in [5.74, 6) is -3.06. The fraction of sp³-hybridized carbons (Fsp3) is 0.333. The molecular formula is C18H18F3N3. The molecule has 1 aliphatic heterocycles. The normalized spacial score (nSPS) is 22.8. The minimum Gasteiger partial charge on any atom is -0.331 e. The third kappa shape index (κ3) is 3.42. The highest BCUT2D eigenvalue weighted by molar-refractivity contribution is 5.87. The van der Waals surface area contributed by atoms with Crippen molar-refractivity contribution in [1.82, 2.24) is 4.90 Å². The first-order chi connectivity index (χ1) is 11.4. The predicted molar refractivity (Wildman–Crippen MR) is 89.5 cm³/mol. The molecule has 1 aromatic rings. The van der Waals surface area contributed by atoms with Gasteiger partial charge in [0.25, 0.3) is 5.92 Å². The van der Waals surface area contributed by atoms with Gasteiger partial charge in [-0.2, -0.15) is 5.10 Å². The second kappa shape index (κ2) is 6.26. The lowest BCUT2D eigenvalue weighted by atomic mass is 9.98. The molecule has 1 aliphatic carbocycles. The molecule has 3 rings (SSSR count). The van der Waals surface area contributed by atoms with Crippen molar-refractivity contribution in [3.63, 3.8) is 0 Å². The summed E-state index contributed by atoms with van der Waals surface area (Å²) in [7, 11) is 0. The molecule has 1 fully saturated rings. The van der Waals surface area contributed by atoms with Crippen molar-refractivity contribution in [3.05, 3.63) is 53.5 Å². The van der Waals surface area contributed by atoms with E-state index in [0.29, 0.717) is 12.4 Å². The van der Waals surface area contributed by atoms with Gasteiger partial charge >= 0.3 is 0 Å². The first-order valence-corrected chi connectivity index (χ1v) is 7.71. The fourth-order valence-corrected chi connectivity index (χ4v) is 2.86. The number of amidine groups is 1. The number of allylic oxidation sites excluding steroid dienone is 2. The van der Waals surface area contributed by atoms with E-state index in [9.17, 15) is 13.2 Å². The quantitative estimate of drug-likeness (QED) is 0.453. The van der Waals surface area contributed by atoms with Crippen molar-refractivity contribution < 1.29 is 13.2 Å². The van der Waals surface area contributed by atoms with Crippen LogP contribution in [0.25, 0.3) is 5.57 Å². The first kappa shape index (κ1) is 16.5. The molecular weight excluding hydrogens is 315 g/mol. The van der Waals surface area contributed by atoms with Crippen LogP contribution in [-0.4, -0.2) is 29.9 Å². The maximum Gasteiger partial charge on any atom is 0.252 e. The molecule has 0 bridgehead atoms. The van der Waals surface area contributed by atoms with Crippen molar-refractivity contribution in [2.24, 2.45) is 16.1 Å². The Kier molecular flexibility index (Phi) is 4.30. The summed E-state index contributed by atoms with van der Waals surface area (Å²) in [5.41, 5.74) is 2.95. The maximum atomic E-state index is 13.2. The van der Waals surface area contributed by atoms with Gasteiger partial charge in [0.1, 0.15) is 11.7 Å². The zero-order valence-electron chi connectivity index (χ0n) is 13.3. The van der Waals surface area contributed by atoms with Gasteiger partial charge in [-0.1, -0.05) is 12.1 Å². The van der Waals surface area contributed by atoms with Gasteiger partial charge in [-0.3, -0.25) is 0 Å². The molecule has 6 heteroatoms. The maximum absolute atomic E-state index is 13.2. The van der Waals surface area contributed by atoms with E-state index in [4.69, 9.17) is 0 Å². The monoisotopic (exact) mass is 333 g/mol. The molecule has 0 aromatic heterocycles. The smallest absolute Gasteiger partial charge is 0.252 e. The van der Waals surface area contributed by atoms with Crippen molar-refractivity contribution in [2.75, 3.05) is 6.54 Å². The summed E-state index contributed by atoms with van der Waals surface area (Å²) in [6, 6.07) is 6.28. The average Bonchev–Trinajstić information content (AvgIpc) is 3.14. The molecule has 0 amide bonds. The van der Waals surface area contributed by atoms with Crippen LogP contribution in [0, 0.1) is 11.7 Å². The molecule has 1 saturated carbocycles. The van der Waals surface area contributed by atoms with Gasteiger partial charge in [-0.05, 0) is 41.8 Å². The van der Waals surface area contributed by atoms with Gasteiger partial charge in [0.05, 0.1) is 0 Å². The number of hydrogen-bond donors (Lipinski definition) is 0. The Morgan fingerprint density at radius 1 is 1.33 bits per heavy atom. The fourth-order valence-electron chi connectivity index (χ4n) is 2.86. The van der Waals surface area contributed by atoms with Crippen molar-refractivity contribution in [2.45, 2.75) is 25.7 Å². The highest BCUT2D eigenvalue weighted by atomic mass is 19.3. The Balaban J connectivity index is 1.76. The van der Waals surface area contributed by atoms with Gasteiger partial charge in [0.2, 0.25) is 0 Å². The van der Waals surface area contributed by atoms with E-state index in [2.05, 4.69) is 16.9 Å². The highest BCUT2D eigenvalue weighted by Gasteiger charge is 2.57. The number of alkyl halides is 2. The van der Waals surface area contributed by atoms with Gasteiger partial charge in [-0.25, -0.2) is 13.2 Å². The standard InChI is InChI=1S/C18H18F3N3/c1-12-11-24(17(23-22-2)9-14-10-18(14,20)21)8-7-16(12)13-3-5-15(19)6-4-13/h3-8,14H,2,9-11H2,1H3/b23-17-. The Labute approximate surface area is 138 Å². The molecule has 0 saturated heterocycles. The van der Waals surface area contributed by atoms with Crippen molar-refractivity contribution in [3.8, 4) is 0 Å². The third-order valence-electron chi connectivity index (χ3n) is 4.35. The second-order valence-electron chi connectivity index (χ2n) is 6.17. The number of benzene rings is 1. The average molecular weight is 333 g/mol. The van der Waals surface area contributed by atoms with Gasteiger partial charge in [0, 0.05) is 38.2 Å². The lowest BCUT2D eigenvalue weighted by molar-refractivity contribution is 0.0998. The van der Waals surface area contributed by atoms with E-state index in [1.54, 1.807) is 18.3 Å². The molecule has 1 unspecified atom stereocenters. The van der Waals surface area contributed by atoms with Crippen molar-refractivity contribution in [1.29, 1.82) is 0 Å². The van der Waals surface area contributed by atoms with Crippen LogP contribution in [0.3, 0.4) is 0 Å². The molecule has 0 N–H and O–H groups in total. The van der Waals surface area contributed by atoms with Crippen LogP contribution in [0.1, 0.15) is 25.3 Å². The largest absolute Gasteiger partial charge is 0.331 e. The van der Waals surface area contributed by atoms with Gasteiger partial charge < -0.3 is 4.90 Å². The molecule has 2 aliphatic rings. The van der Waals surface area contributed by atoms with Crippen LogP contribution in [0.15, 0.2) is 52.3 Å². The van der Waals surface area contributed by atoms with E-state index in [1.807, 2.05) is 17.9 Å². The van der Waals surface area contributed by atoms with Crippen LogP contribution >= 0.6 is 0 Å². The molecule has 0 radical (unpaired) electrons. The summed E-state index contributed by atoms with van der Waals surface area (Å²) in [6.07, 6.45) is 3.76. The number of nitrogens with zero attached hydrogens (tertiary/aromatic N) is 3.